The minimum absolute atomic E-state index is 0.191. The van der Waals surface area contributed by atoms with Crippen molar-refractivity contribution < 1.29 is 13.0 Å². The van der Waals surface area contributed by atoms with E-state index in [9.17, 15) is 13.0 Å². The van der Waals surface area contributed by atoms with Crippen molar-refractivity contribution in [1.29, 1.82) is 0 Å². The number of hydrogen-bond donors (Lipinski definition) is 1. The van der Waals surface area contributed by atoms with E-state index in [-0.39, 0.29) is 6.04 Å². The Morgan fingerprint density at radius 3 is 2.60 bits per heavy atom. The highest BCUT2D eigenvalue weighted by Gasteiger charge is 2.26. The third-order valence-corrected chi connectivity index (χ3v) is 5.36. The standard InChI is InChI=1S/C15H21F2NOS/c1-2-18-15(11-5-3-4-6-11)10-20(19)12-7-8-13(16)14(17)9-12/h7-9,11,15,18H,2-6,10H2,1H3. The summed E-state index contributed by atoms with van der Waals surface area (Å²) in [6, 6.07) is 3.69. The molecule has 0 amide bonds. The lowest BCUT2D eigenvalue weighted by atomic mass is 10.00. The van der Waals surface area contributed by atoms with Crippen LogP contribution in [-0.2, 0) is 10.8 Å². The highest BCUT2D eigenvalue weighted by atomic mass is 32.2. The van der Waals surface area contributed by atoms with Crippen LogP contribution in [0.25, 0.3) is 0 Å². The van der Waals surface area contributed by atoms with Crippen LogP contribution in [-0.4, -0.2) is 22.5 Å². The zero-order chi connectivity index (χ0) is 14.5. The zero-order valence-electron chi connectivity index (χ0n) is 11.7. The lowest BCUT2D eigenvalue weighted by Gasteiger charge is -2.23. The van der Waals surface area contributed by atoms with Gasteiger partial charge in [-0.05, 0) is 43.5 Å². The van der Waals surface area contributed by atoms with Crippen molar-refractivity contribution in [2.45, 2.75) is 43.5 Å². The summed E-state index contributed by atoms with van der Waals surface area (Å²) in [6.45, 7) is 2.86. The summed E-state index contributed by atoms with van der Waals surface area (Å²) in [4.78, 5) is 0.366. The Bertz CT molecular complexity index is 475. The minimum Gasteiger partial charge on any atom is -0.313 e. The second kappa shape index (κ2) is 7.27. The minimum atomic E-state index is -1.30. The van der Waals surface area contributed by atoms with Crippen LogP contribution in [0.2, 0.25) is 0 Å². The first-order valence-corrected chi connectivity index (χ1v) is 8.50. The van der Waals surface area contributed by atoms with Crippen LogP contribution in [0.1, 0.15) is 32.6 Å². The Balaban J connectivity index is 2.05. The number of nitrogens with one attached hydrogen (secondary N) is 1. The fraction of sp³-hybridized carbons (Fsp3) is 0.600. The van der Waals surface area contributed by atoms with Gasteiger partial charge in [0.2, 0.25) is 0 Å². The van der Waals surface area contributed by atoms with Gasteiger partial charge in [0, 0.05) is 16.7 Å². The van der Waals surface area contributed by atoms with E-state index < -0.39 is 22.4 Å². The largest absolute Gasteiger partial charge is 0.313 e. The molecular weight excluding hydrogens is 280 g/mol. The number of benzene rings is 1. The van der Waals surface area contributed by atoms with Crippen LogP contribution >= 0.6 is 0 Å². The number of rotatable bonds is 6. The van der Waals surface area contributed by atoms with E-state index in [2.05, 4.69) is 5.32 Å². The SMILES string of the molecule is CCNC(CS(=O)c1ccc(F)c(F)c1)C1CCCC1. The Labute approximate surface area is 121 Å². The quantitative estimate of drug-likeness (QED) is 0.874. The van der Waals surface area contributed by atoms with Gasteiger partial charge < -0.3 is 5.32 Å². The molecule has 0 bridgehead atoms. The molecule has 112 valence electrons. The zero-order valence-corrected chi connectivity index (χ0v) is 12.5. The Kier molecular flexibility index (Phi) is 5.66. The third-order valence-electron chi connectivity index (χ3n) is 3.92. The highest BCUT2D eigenvalue weighted by Crippen LogP contribution is 2.28. The van der Waals surface area contributed by atoms with Crippen LogP contribution in [0.15, 0.2) is 23.1 Å². The van der Waals surface area contributed by atoms with Crippen LogP contribution in [0, 0.1) is 17.6 Å². The van der Waals surface area contributed by atoms with Gasteiger partial charge in [-0.1, -0.05) is 19.8 Å². The molecule has 5 heteroatoms. The van der Waals surface area contributed by atoms with Crippen LogP contribution < -0.4 is 5.32 Å². The molecule has 0 aliphatic heterocycles. The molecule has 1 aromatic rings. The topological polar surface area (TPSA) is 29.1 Å². The average molecular weight is 301 g/mol. The van der Waals surface area contributed by atoms with Gasteiger partial charge >= 0.3 is 0 Å². The molecule has 0 spiro atoms. The third kappa shape index (κ3) is 3.85. The van der Waals surface area contributed by atoms with Gasteiger partial charge in [0.15, 0.2) is 11.6 Å². The maximum absolute atomic E-state index is 13.2. The Morgan fingerprint density at radius 2 is 2.00 bits per heavy atom. The molecule has 20 heavy (non-hydrogen) atoms. The van der Waals surface area contributed by atoms with Crippen molar-refractivity contribution in [3.8, 4) is 0 Å². The molecule has 1 aromatic carbocycles. The summed E-state index contributed by atoms with van der Waals surface area (Å²) in [5.41, 5.74) is 0. The van der Waals surface area contributed by atoms with Gasteiger partial charge in [-0.15, -0.1) is 0 Å². The van der Waals surface area contributed by atoms with E-state index in [1.165, 1.54) is 18.9 Å². The molecule has 1 aliphatic carbocycles. The molecule has 0 radical (unpaired) electrons. The lowest BCUT2D eigenvalue weighted by Crippen LogP contribution is -2.39. The van der Waals surface area contributed by atoms with Crippen molar-refractivity contribution >= 4 is 10.8 Å². The average Bonchev–Trinajstić information content (AvgIpc) is 2.95. The molecule has 2 unspecified atom stereocenters. The number of halogens is 2. The first-order valence-electron chi connectivity index (χ1n) is 7.18. The predicted molar refractivity (Wildman–Crippen MR) is 77.1 cm³/mol. The molecule has 2 atom stereocenters. The molecule has 1 aliphatic rings. The van der Waals surface area contributed by atoms with E-state index in [4.69, 9.17) is 0 Å². The molecule has 1 N–H and O–H groups in total. The van der Waals surface area contributed by atoms with Gasteiger partial charge in [0.25, 0.3) is 0 Å². The monoisotopic (exact) mass is 301 g/mol. The van der Waals surface area contributed by atoms with Crippen LogP contribution in [0.4, 0.5) is 8.78 Å². The molecule has 1 fully saturated rings. The summed E-state index contributed by atoms with van der Waals surface area (Å²) in [5.74, 6) is -0.825. The second-order valence-electron chi connectivity index (χ2n) is 5.30. The van der Waals surface area contributed by atoms with E-state index >= 15 is 0 Å². The fourth-order valence-corrected chi connectivity index (χ4v) is 4.22. The Morgan fingerprint density at radius 1 is 1.30 bits per heavy atom. The molecule has 0 saturated heterocycles. The van der Waals surface area contributed by atoms with E-state index in [1.807, 2.05) is 6.92 Å². The normalized spacial score (nSPS) is 19.1. The van der Waals surface area contributed by atoms with Gasteiger partial charge in [0.1, 0.15) is 0 Å². The lowest BCUT2D eigenvalue weighted by molar-refractivity contribution is 0.392. The van der Waals surface area contributed by atoms with Crippen LogP contribution in [0.5, 0.6) is 0 Å². The van der Waals surface area contributed by atoms with Crippen molar-refractivity contribution in [1.82, 2.24) is 5.32 Å². The molecule has 0 heterocycles. The molecule has 1 saturated carbocycles. The molecular formula is C15H21F2NOS. The van der Waals surface area contributed by atoms with E-state index in [0.29, 0.717) is 16.6 Å². The smallest absolute Gasteiger partial charge is 0.160 e. The van der Waals surface area contributed by atoms with E-state index in [1.54, 1.807) is 0 Å². The number of hydrogen-bond acceptors (Lipinski definition) is 2. The first kappa shape index (κ1) is 15.6. The Hall–Kier alpha value is -0.810. The van der Waals surface area contributed by atoms with Gasteiger partial charge in [-0.25, -0.2) is 8.78 Å². The van der Waals surface area contributed by atoms with Gasteiger partial charge in [0.05, 0.1) is 10.8 Å². The predicted octanol–water partition coefficient (Wildman–Crippen LogP) is 3.24. The summed E-state index contributed by atoms with van der Waals surface area (Å²) < 4.78 is 38.4. The maximum Gasteiger partial charge on any atom is 0.160 e. The van der Waals surface area contributed by atoms with Crippen molar-refractivity contribution in [2.24, 2.45) is 5.92 Å². The summed E-state index contributed by atoms with van der Waals surface area (Å²) in [7, 11) is -1.30. The van der Waals surface area contributed by atoms with Gasteiger partial charge in [-0.2, -0.15) is 0 Å². The molecule has 2 rings (SSSR count). The summed E-state index contributed by atoms with van der Waals surface area (Å²) in [6.07, 6.45) is 4.77. The summed E-state index contributed by atoms with van der Waals surface area (Å²) >= 11 is 0. The fourth-order valence-electron chi connectivity index (χ4n) is 2.86. The molecule has 0 aromatic heterocycles. The van der Waals surface area contributed by atoms with Crippen LogP contribution in [0.3, 0.4) is 0 Å². The van der Waals surface area contributed by atoms with E-state index in [0.717, 1.165) is 31.5 Å². The van der Waals surface area contributed by atoms with Crippen molar-refractivity contribution in [3.63, 3.8) is 0 Å². The summed E-state index contributed by atoms with van der Waals surface area (Å²) in [5, 5.41) is 3.39. The molecule has 2 nitrogen and oxygen atoms in total. The van der Waals surface area contributed by atoms with Crippen molar-refractivity contribution in [2.75, 3.05) is 12.3 Å². The van der Waals surface area contributed by atoms with Gasteiger partial charge in [-0.3, -0.25) is 4.21 Å². The van der Waals surface area contributed by atoms with Crippen molar-refractivity contribution in [3.05, 3.63) is 29.8 Å². The highest BCUT2D eigenvalue weighted by molar-refractivity contribution is 7.85. The maximum atomic E-state index is 13.2. The first-order chi connectivity index (χ1) is 9.61. The second-order valence-corrected chi connectivity index (χ2v) is 6.79.